The van der Waals surface area contributed by atoms with Gasteiger partial charge in [0.1, 0.15) is 17.2 Å². The van der Waals surface area contributed by atoms with Crippen molar-refractivity contribution in [3.8, 4) is 45.6 Å². The van der Waals surface area contributed by atoms with Gasteiger partial charge in [-0.3, -0.25) is 19.8 Å². The summed E-state index contributed by atoms with van der Waals surface area (Å²) in [6.45, 7) is 2.77. The van der Waals surface area contributed by atoms with E-state index in [4.69, 9.17) is 23.7 Å². The summed E-state index contributed by atoms with van der Waals surface area (Å²) in [5.74, 6) is 0.403. The third kappa shape index (κ3) is 8.31. The van der Waals surface area contributed by atoms with Crippen molar-refractivity contribution >= 4 is 17.5 Å². The van der Waals surface area contributed by atoms with Gasteiger partial charge in [0.25, 0.3) is 11.8 Å². The zero-order chi connectivity index (χ0) is 50.6. The summed E-state index contributed by atoms with van der Waals surface area (Å²) < 4.78 is 32.1. The van der Waals surface area contributed by atoms with Gasteiger partial charge in [-0.1, -0.05) is 69.4 Å². The van der Waals surface area contributed by atoms with Gasteiger partial charge < -0.3 is 49.4 Å². The number of imide groups is 1. The van der Waals surface area contributed by atoms with Gasteiger partial charge in [-0.05, 0) is 99.1 Å². The summed E-state index contributed by atoms with van der Waals surface area (Å²) in [6, 6.07) is 17.5. The molecule has 0 bridgehead atoms. The van der Waals surface area contributed by atoms with Crippen LogP contribution in [0.5, 0.6) is 34.5 Å². The van der Waals surface area contributed by atoms with Gasteiger partial charge in [0.15, 0.2) is 23.5 Å². The number of aliphatic hydroxyl groups is 3. The molecule has 4 aromatic rings. The van der Waals surface area contributed by atoms with Crippen LogP contribution in [0.4, 0.5) is 5.69 Å². The highest BCUT2D eigenvalue weighted by atomic mass is 16.5. The van der Waals surface area contributed by atoms with Gasteiger partial charge in [-0.25, -0.2) is 0 Å². The molecule has 73 heavy (non-hydrogen) atoms. The first-order chi connectivity index (χ1) is 35.5. The van der Waals surface area contributed by atoms with Crippen LogP contribution in [0.2, 0.25) is 0 Å². The topological polar surface area (TPSA) is 189 Å². The maximum atomic E-state index is 13.5. The van der Waals surface area contributed by atoms with Gasteiger partial charge in [-0.15, -0.1) is 0 Å². The Balaban J connectivity index is 0.919. The lowest BCUT2D eigenvalue weighted by Gasteiger charge is -2.55. The third-order valence-corrected chi connectivity index (χ3v) is 18.1. The average Bonchev–Trinajstić information content (AvgIpc) is 3.76. The zero-order valence-electron chi connectivity index (χ0n) is 42.5. The highest BCUT2D eigenvalue weighted by molar-refractivity contribution is 6.13. The van der Waals surface area contributed by atoms with Crippen molar-refractivity contribution in [2.75, 3.05) is 45.9 Å². The minimum Gasteiger partial charge on any atom is -0.502 e. The Morgan fingerprint density at radius 2 is 1.51 bits per heavy atom. The summed E-state index contributed by atoms with van der Waals surface area (Å²) in [7, 11) is 3.15. The van der Waals surface area contributed by atoms with E-state index < -0.39 is 40.8 Å². The van der Waals surface area contributed by atoms with Crippen LogP contribution in [0.15, 0.2) is 66.7 Å². The van der Waals surface area contributed by atoms with E-state index in [0.29, 0.717) is 58.9 Å². The lowest BCUT2D eigenvalue weighted by molar-refractivity contribution is -0.151. The third-order valence-electron chi connectivity index (χ3n) is 18.1. The molecule has 0 radical (unpaired) electrons. The van der Waals surface area contributed by atoms with Crippen LogP contribution < -0.4 is 34.3 Å². The van der Waals surface area contributed by atoms with Crippen molar-refractivity contribution in [2.24, 2.45) is 11.8 Å². The van der Waals surface area contributed by atoms with Gasteiger partial charge in [0.2, 0.25) is 5.75 Å². The molecule has 388 valence electrons. The SMILES string of the molecule is CCNC1(Oc2cc(OC)c3c4c2[C@H](O)Nc2cc5c(c(c2-4)CC3)[C@@H](O)[C@H](c2cc(OC)c(O)c(OC[C@H](CO)[C@@]3(c4ccccc4)CCC[C@@H](C4(N6C(=O)C=CC6=O)CCCCC4)C3)c2)CO5)CCCCC1. The number of methoxy groups -OCH3 is 2. The van der Waals surface area contributed by atoms with Crippen molar-refractivity contribution in [1.29, 1.82) is 0 Å². The smallest absolute Gasteiger partial charge is 0.254 e. The maximum absolute atomic E-state index is 13.5. The summed E-state index contributed by atoms with van der Waals surface area (Å²) in [4.78, 5) is 28.5. The number of nitrogens with zero attached hydrogens (tertiary/aromatic N) is 1. The number of carbonyl (C=O) groups is 2. The molecule has 0 saturated heterocycles. The molecule has 0 unspecified atom stereocenters. The number of aromatic hydroxyl groups is 1. The van der Waals surface area contributed by atoms with E-state index >= 15 is 0 Å². The summed E-state index contributed by atoms with van der Waals surface area (Å²) in [6.07, 6.45) is 14.4. The van der Waals surface area contributed by atoms with E-state index in [2.05, 4.69) is 29.7 Å². The van der Waals surface area contributed by atoms with Crippen LogP contribution >= 0.6 is 0 Å². The molecule has 6 atom stereocenters. The Hall–Kier alpha value is -5.80. The zero-order valence-corrected chi connectivity index (χ0v) is 42.5. The van der Waals surface area contributed by atoms with Crippen molar-refractivity contribution in [3.05, 3.63) is 100 Å². The monoisotopic (exact) mass is 998 g/mol. The number of rotatable bonds is 15. The molecule has 7 aliphatic rings. The van der Waals surface area contributed by atoms with Crippen LogP contribution in [0.25, 0.3) is 11.1 Å². The first kappa shape index (κ1) is 49.4. The largest absolute Gasteiger partial charge is 0.502 e. The number of phenolic OH excluding ortho intramolecular Hbond substituents is 1. The highest BCUT2D eigenvalue weighted by Crippen LogP contribution is 2.59. The molecule has 4 aliphatic carbocycles. The number of fused-ring (bicyclic) bond motifs is 2. The number of aliphatic hydroxyl groups excluding tert-OH is 3. The number of hydrogen-bond acceptors (Lipinski definition) is 13. The predicted octanol–water partition coefficient (Wildman–Crippen LogP) is 9.19. The normalized spacial score (nSPS) is 26.0. The second-order valence-corrected chi connectivity index (χ2v) is 21.7. The molecule has 3 fully saturated rings. The predicted molar refractivity (Wildman–Crippen MR) is 275 cm³/mol. The van der Waals surface area contributed by atoms with E-state index in [1.165, 1.54) is 19.3 Å². The fourth-order valence-corrected chi connectivity index (χ4v) is 14.7. The highest BCUT2D eigenvalue weighted by Gasteiger charge is 2.55. The van der Waals surface area contributed by atoms with Crippen LogP contribution in [-0.4, -0.2) is 89.0 Å². The van der Waals surface area contributed by atoms with Crippen LogP contribution in [-0.2, 0) is 27.8 Å². The number of phenols is 1. The van der Waals surface area contributed by atoms with Crippen molar-refractivity contribution < 1.29 is 53.7 Å². The number of anilines is 1. The summed E-state index contributed by atoms with van der Waals surface area (Å²) >= 11 is 0. The van der Waals surface area contributed by atoms with Crippen molar-refractivity contribution in [3.63, 3.8) is 0 Å². The number of benzene rings is 4. The van der Waals surface area contributed by atoms with E-state index in [1.807, 2.05) is 30.3 Å². The van der Waals surface area contributed by atoms with Gasteiger partial charge in [0, 0.05) is 88.9 Å². The molecule has 6 N–H and O–H groups in total. The molecule has 3 aliphatic heterocycles. The van der Waals surface area contributed by atoms with E-state index in [9.17, 15) is 30.0 Å². The lowest BCUT2D eigenvalue weighted by Crippen LogP contribution is -2.60. The fraction of sp³-hybridized carbons (Fsp3) is 0.525. The summed E-state index contributed by atoms with van der Waals surface area (Å²) in [5, 5.41) is 54.9. The second-order valence-electron chi connectivity index (χ2n) is 21.7. The molecule has 0 aromatic heterocycles. The molecule has 4 aromatic carbocycles. The number of carbonyl (C=O) groups excluding carboxylic acids is 2. The minimum atomic E-state index is -1.07. The number of hydrogen-bond donors (Lipinski definition) is 6. The van der Waals surface area contributed by atoms with E-state index in [-0.39, 0.29) is 54.8 Å². The van der Waals surface area contributed by atoms with Gasteiger partial charge in [0.05, 0.1) is 44.6 Å². The quantitative estimate of drug-likeness (QED) is 0.0489. The Kier molecular flexibility index (Phi) is 13.4. The molecule has 14 nitrogen and oxygen atoms in total. The van der Waals surface area contributed by atoms with Gasteiger partial charge in [-0.2, -0.15) is 0 Å². The number of ether oxygens (including phenoxy) is 5. The summed E-state index contributed by atoms with van der Waals surface area (Å²) in [5.41, 5.74) is 5.62. The molecular weight excluding hydrogens is 927 g/mol. The van der Waals surface area contributed by atoms with Gasteiger partial charge >= 0.3 is 0 Å². The number of nitrogens with one attached hydrogen (secondary N) is 2. The van der Waals surface area contributed by atoms with E-state index in [1.54, 1.807) is 24.1 Å². The lowest BCUT2D eigenvalue weighted by atomic mass is 9.55. The minimum absolute atomic E-state index is 0.00187. The molecule has 3 heterocycles. The fourth-order valence-electron chi connectivity index (χ4n) is 14.7. The van der Waals surface area contributed by atoms with Crippen molar-refractivity contribution in [2.45, 2.75) is 145 Å². The Bertz CT molecular complexity index is 2760. The average molecular weight is 998 g/mol. The first-order valence-electron chi connectivity index (χ1n) is 26.9. The Morgan fingerprint density at radius 1 is 0.808 bits per heavy atom. The van der Waals surface area contributed by atoms with E-state index in [0.717, 1.165) is 118 Å². The maximum Gasteiger partial charge on any atom is 0.254 e. The molecule has 2 amide bonds. The number of amides is 2. The molecule has 14 heteroatoms. The molecule has 0 spiro atoms. The van der Waals surface area contributed by atoms with Crippen LogP contribution in [0, 0.1) is 11.8 Å². The standard InChI is InChI=1S/C59H71N3O11/c1-4-60-59(25-12-7-13-26-59)73-45-30-43(69-2)39-18-19-40-50-42(61-56(68)53(45)52(39)50)29-44-51(40)54(66)41(34-72-44)35-27-46(70-3)55(67)47(28-35)71-33-38(32-63)57(36-15-8-5-9-16-36)22-14-17-37(31-57)58(23-10-6-11-24-58)62-48(64)20-21-49(62)65/h5,8-9,15-16,20-21,27-30,37-38,41,54,56,60-61,63,66-68H,4,6-7,10-14,17-19,22-26,31-34H2,1-3H3/t37-,38+,41+,54+,56+,57+/m1/s1. The first-order valence-corrected chi connectivity index (χ1v) is 26.9. The molecule has 11 rings (SSSR count). The molecule has 3 saturated carbocycles. The van der Waals surface area contributed by atoms with Crippen molar-refractivity contribution in [1.82, 2.24) is 10.2 Å². The Morgan fingerprint density at radius 3 is 2.21 bits per heavy atom. The second kappa shape index (κ2) is 19.8. The van der Waals surface area contributed by atoms with Crippen LogP contribution in [0.3, 0.4) is 0 Å². The Labute approximate surface area is 428 Å². The van der Waals surface area contributed by atoms with Crippen LogP contribution in [0.1, 0.15) is 148 Å². The molecular formula is C59H71N3O11.